The fourth-order valence-electron chi connectivity index (χ4n) is 1.44. The van der Waals surface area contributed by atoms with Crippen LogP contribution in [0.4, 0.5) is 0 Å². The van der Waals surface area contributed by atoms with Crippen LogP contribution < -0.4 is 5.32 Å². The van der Waals surface area contributed by atoms with Crippen LogP contribution in [-0.2, 0) is 10.2 Å². The van der Waals surface area contributed by atoms with E-state index >= 15 is 0 Å². The van der Waals surface area contributed by atoms with Crippen molar-refractivity contribution in [3.63, 3.8) is 0 Å². The van der Waals surface area contributed by atoms with E-state index in [1.807, 2.05) is 20.8 Å². The summed E-state index contributed by atoms with van der Waals surface area (Å²) in [5, 5.41) is 20.1. The Labute approximate surface area is 121 Å². The molecule has 0 aliphatic heterocycles. The number of rotatable bonds is 4. The van der Waals surface area contributed by atoms with Crippen LogP contribution >= 0.6 is 11.6 Å². The molecular formula is C13H17ClN2O4. The summed E-state index contributed by atoms with van der Waals surface area (Å²) < 4.78 is 0. The number of aromatic nitrogens is 1. The minimum absolute atomic E-state index is 0.151. The van der Waals surface area contributed by atoms with E-state index in [9.17, 15) is 9.59 Å². The summed E-state index contributed by atoms with van der Waals surface area (Å²) in [4.78, 5) is 26.9. The van der Waals surface area contributed by atoms with Crippen molar-refractivity contribution in [2.24, 2.45) is 0 Å². The highest BCUT2D eigenvalue weighted by Crippen LogP contribution is 2.23. The topological polar surface area (TPSA) is 99.5 Å². The predicted molar refractivity (Wildman–Crippen MR) is 73.9 cm³/mol. The molecule has 1 amide bonds. The molecule has 0 bridgehead atoms. The third kappa shape index (κ3) is 4.18. The highest BCUT2D eigenvalue weighted by atomic mass is 35.5. The lowest BCUT2D eigenvalue weighted by Crippen LogP contribution is -2.43. The molecule has 1 aromatic heterocycles. The normalized spacial score (nSPS) is 12.8. The third-order valence-electron chi connectivity index (χ3n) is 2.61. The average Bonchev–Trinajstić information content (AvgIpc) is 2.33. The van der Waals surface area contributed by atoms with Crippen LogP contribution in [0.3, 0.4) is 0 Å². The van der Waals surface area contributed by atoms with Crippen LogP contribution in [0.15, 0.2) is 12.1 Å². The van der Waals surface area contributed by atoms with E-state index in [1.165, 1.54) is 6.07 Å². The van der Waals surface area contributed by atoms with Gasteiger partial charge in [-0.2, -0.15) is 0 Å². The molecule has 0 aliphatic carbocycles. The van der Waals surface area contributed by atoms with E-state index < -0.39 is 24.5 Å². The zero-order valence-electron chi connectivity index (χ0n) is 11.5. The molecule has 1 unspecified atom stereocenters. The Kier molecular flexibility index (Phi) is 5.08. The lowest BCUT2D eigenvalue weighted by atomic mass is 9.91. The number of hydrogen-bond donors (Lipinski definition) is 3. The van der Waals surface area contributed by atoms with Crippen molar-refractivity contribution in [3.05, 3.63) is 28.5 Å². The van der Waals surface area contributed by atoms with Crippen LogP contribution in [0.5, 0.6) is 0 Å². The molecule has 0 saturated heterocycles. The van der Waals surface area contributed by atoms with Gasteiger partial charge >= 0.3 is 5.97 Å². The van der Waals surface area contributed by atoms with Gasteiger partial charge in [0.25, 0.3) is 5.91 Å². The number of amides is 1. The second-order valence-electron chi connectivity index (χ2n) is 5.36. The lowest BCUT2D eigenvalue weighted by molar-refractivity contribution is -0.140. The molecule has 6 nitrogen and oxygen atoms in total. The molecule has 1 rings (SSSR count). The quantitative estimate of drug-likeness (QED) is 0.726. The number of nitrogens with zero attached hydrogens (tertiary/aromatic N) is 1. The van der Waals surface area contributed by atoms with Gasteiger partial charge in [-0.05, 0) is 12.1 Å². The van der Waals surface area contributed by atoms with Crippen LogP contribution in [-0.4, -0.2) is 39.7 Å². The molecule has 0 spiro atoms. The summed E-state index contributed by atoms with van der Waals surface area (Å²) in [5.41, 5.74) is 0.518. The van der Waals surface area contributed by atoms with Crippen molar-refractivity contribution < 1.29 is 19.8 Å². The van der Waals surface area contributed by atoms with E-state index in [1.54, 1.807) is 6.07 Å². The van der Waals surface area contributed by atoms with Crippen molar-refractivity contribution in [1.82, 2.24) is 10.3 Å². The van der Waals surface area contributed by atoms with Gasteiger partial charge in [0.15, 0.2) is 6.04 Å². The molecule has 0 radical (unpaired) electrons. The van der Waals surface area contributed by atoms with E-state index in [0.717, 1.165) is 0 Å². The summed E-state index contributed by atoms with van der Waals surface area (Å²) in [6.07, 6.45) is 0. The van der Waals surface area contributed by atoms with Crippen molar-refractivity contribution in [2.75, 3.05) is 6.61 Å². The number of pyridine rings is 1. The van der Waals surface area contributed by atoms with Crippen LogP contribution in [0.2, 0.25) is 5.15 Å². The van der Waals surface area contributed by atoms with Crippen molar-refractivity contribution in [2.45, 2.75) is 32.2 Å². The molecular weight excluding hydrogens is 284 g/mol. The highest BCUT2D eigenvalue weighted by Gasteiger charge is 2.22. The number of carboxylic acids is 1. The maximum absolute atomic E-state index is 12.0. The first kappa shape index (κ1) is 16.4. The molecule has 1 heterocycles. The molecule has 0 fully saturated rings. The number of halogens is 1. The molecule has 0 aromatic carbocycles. The first-order valence-corrected chi connectivity index (χ1v) is 6.35. The standard InChI is InChI=1S/C13H17ClN2O4/c1-13(2,3)9-4-7(5-10(14)16-9)11(18)15-8(6-17)12(19)20/h4-5,8,17H,6H2,1-3H3,(H,15,18)(H,19,20). The summed E-state index contributed by atoms with van der Waals surface area (Å²) in [5.74, 6) is -1.93. The average molecular weight is 301 g/mol. The fourth-order valence-corrected chi connectivity index (χ4v) is 1.65. The Bertz CT molecular complexity index is 526. The molecule has 20 heavy (non-hydrogen) atoms. The van der Waals surface area contributed by atoms with Crippen LogP contribution in [0, 0.1) is 0 Å². The Hall–Kier alpha value is -1.66. The summed E-state index contributed by atoms with van der Waals surface area (Å²) in [6, 6.07) is 1.55. The van der Waals surface area contributed by atoms with E-state index in [0.29, 0.717) is 5.69 Å². The smallest absolute Gasteiger partial charge is 0.328 e. The van der Waals surface area contributed by atoms with Crippen molar-refractivity contribution in [3.8, 4) is 0 Å². The van der Waals surface area contributed by atoms with Crippen LogP contribution in [0.25, 0.3) is 0 Å². The van der Waals surface area contributed by atoms with Gasteiger partial charge in [-0.25, -0.2) is 9.78 Å². The number of carboxylic acid groups (broad SMARTS) is 1. The molecule has 7 heteroatoms. The number of hydrogen-bond acceptors (Lipinski definition) is 4. The Balaban J connectivity index is 3.05. The van der Waals surface area contributed by atoms with E-state index in [-0.39, 0.29) is 16.1 Å². The largest absolute Gasteiger partial charge is 0.480 e. The Morgan fingerprint density at radius 2 is 2.00 bits per heavy atom. The number of carbonyl (C=O) groups excluding carboxylic acids is 1. The lowest BCUT2D eigenvalue weighted by Gasteiger charge is -2.19. The maximum Gasteiger partial charge on any atom is 0.328 e. The van der Waals surface area contributed by atoms with Crippen molar-refractivity contribution in [1.29, 1.82) is 0 Å². The molecule has 1 aromatic rings. The minimum atomic E-state index is -1.35. The zero-order chi connectivity index (χ0) is 15.5. The van der Waals surface area contributed by atoms with E-state index in [4.69, 9.17) is 21.8 Å². The SMILES string of the molecule is CC(C)(C)c1cc(C(=O)NC(CO)C(=O)O)cc(Cl)n1. The molecule has 1 atom stereocenters. The summed E-state index contributed by atoms with van der Waals surface area (Å²) in [7, 11) is 0. The highest BCUT2D eigenvalue weighted by molar-refractivity contribution is 6.29. The second-order valence-corrected chi connectivity index (χ2v) is 5.75. The number of aliphatic carboxylic acids is 1. The fraction of sp³-hybridized carbons (Fsp3) is 0.462. The van der Waals surface area contributed by atoms with E-state index in [2.05, 4.69) is 10.3 Å². The van der Waals surface area contributed by atoms with Gasteiger partial charge in [0, 0.05) is 16.7 Å². The summed E-state index contributed by atoms with van der Waals surface area (Å²) in [6.45, 7) is 5.06. The van der Waals surface area contributed by atoms with Crippen molar-refractivity contribution >= 4 is 23.5 Å². The van der Waals surface area contributed by atoms with Gasteiger partial charge in [-0.15, -0.1) is 0 Å². The first-order valence-electron chi connectivity index (χ1n) is 5.97. The maximum atomic E-state index is 12.0. The molecule has 0 saturated carbocycles. The molecule has 3 N–H and O–H groups in total. The third-order valence-corrected chi connectivity index (χ3v) is 2.80. The van der Waals surface area contributed by atoms with Gasteiger partial charge in [-0.3, -0.25) is 4.79 Å². The zero-order valence-corrected chi connectivity index (χ0v) is 12.2. The molecule has 0 aliphatic rings. The molecule has 110 valence electrons. The minimum Gasteiger partial charge on any atom is -0.480 e. The van der Waals surface area contributed by atoms with Gasteiger partial charge in [0.1, 0.15) is 5.15 Å². The monoisotopic (exact) mass is 300 g/mol. The number of aliphatic hydroxyl groups excluding tert-OH is 1. The summed E-state index contributed by atoms with van der Waals surface area (Å²) >= 11 is 5.88. The Morgan fingerprint density at radius 1 is 1.40 bits per heavy atom. The van der Waals surface area contributed by atoms with Gasteiger partial charge in [0.05, 0.1) is 6.61 Å². The van der Waals surface area contributed by atoms with Gasteiger partial charge in [0.2, 0.25) is 0 Å². The first-order chi connectivity index (χ1) is 9.15. The number of aliphatic hydroxyl groups is 1. The number of carbonyl (C=O) groups is 2. The second kappa shape index (κ2) is 6.19. The Morgan fingerprint density at radius 3 is 2.45 bits per heavy atom. The van der Waals surface area contributed by atoms with Crippen LogP contribution in [0.1, 0.15) is 36.8 Å². The predicted octanol–water partition coefficient (Wildman–Crippen LogP) is 1.21. The van der Waals surface area contributed by atoms with Gasteiger partial charge in [-0.1, -0.05) is 32.4 Å². The number of nitrogens with one attached hydrogen (secondary N) is 1. The van der Waals surface area contributed by atoms with Gasteiger partial charge < -0.3 is 15.5 Å².